The Morgan fingerprint density at radius 1 is 1.71 bits per heavy atom. The van der Waals surface area contributed by atoms with Crippen LogP contribution in [0.15, 0.2) is 6.20 Å². The van der Waals surface area contributed by atoms with Crippen LogP contribution >= 0.6 is 0 Å². The Labute approximate surface area is 82.3 Å². The van der Waals surface area contributed by atoms with Crippen LogP contribution in [0.4, 0.5) is 0 Å². The minimum Gasteiger partial charge on any atom is -0.347 e. The number of carbonyl (C=O) groups is 1. The zero-order chi connectivity index (χ0) is 9.97. The zero-order valence-electron chi connectivity index (χ0n) is 8.13. The fraction of sp³-hybridized carbons (Fsp3) is 0.556. The molecule has 0 aromatic carbocycles. The predicted octanol–water partition coefficient (Wildman–Crippen LogP) is -0.190. The monoisotopic (exact) mass is 194 g/mol. The van der Waals surface area contributed by atoms with Crippen LogP contribution in [0.1, 0.15) is 22.7 Å². The van der Waals surface area contributed by atoms with E-state index in [4.69, 9.17) is 0 Å². The van der Waals surface area contributed by atoms with Gasteiger partial charge in [-0.15, -0.1) is 0 Å². The van der Waals surface area contributed by atoms with Crippen LogP contribution in [0.25, 0.3) is 0 Å². The molecule has 1 aliphatic heterocycles. The van der Waals surface area contributed by atoms with E-state index in [9.17, 15) is 4.79 Å². The molecular formula is C9H14N4O. The van der Waals surface area contributed by atoms with E-state index in [-0.39, 0.29) is 11.9 Å². The smallest absolute Gasteiger partial charge is 0.269 e. The minimum absolute atomic E-state index is 0.0701. The van der Waals surface area contributed by atoms with Gasteiger partial charge < -0.3 is 15.6 Å². The standard InChI is InChI=1S/C9H14N4O/c1-6-11-5-8(12-6)9(14)13-7-2-3-10-4-7/h5,7,10H,2-4H2,1H3,(H,11,12)(H,13,14)/t7-/m1/s1. The largest absolute Gasteiger partial charge is 0.347 e. The number of nitrogens with one attached hydrogen (secondary N) is 3. The molecule has 14 heavy (non-hydrogen) atoms. The number of carbonyl (C=O) groups excluding carboxylic acids is 1. The number of imidazole rings is 1. The molecular weight excluding hydrogens is 180 g/mol. The summed E-state index contributed by atoms with van der Waals surface area (Å²) in [7, 11) is 0. The topological polar surface area (TPSA) is 69.8 Å². The molecule has 1 atom stereocenters. The summed E-state index contributed by atoms with van der Waals surface area (Å²) in [6, 6.07) is 0.256. The second-order valence-corrected chi connectivity index (χ2v) is 3.55. The number of aryl methyl sites for hydroxylation is 1. The molecule has 1 fully saturated rings. The molecule has 0 spiro atoms. The summed E-state index contributed by atoms with van der Waals surface area (Å²) < 4.78 is 0. The molecule has 1 aromatic heterocycles. The van der Waals surface area contributed by atoms with Crippen molar-refractivity contribution in [1.29, 1.82) is 0 Å². The van der Waals surface area contributed by atoms with Gasteiger partial charge in [0.05, 0.1) is 6.20 Å². The van der Waals surface area contributed by atoms with Crippen molar-refractivity contribution in [3.05, 3.63) is 17.7 Å². The lowest BCUT2D eigenvalue weighted by molar-refractivity contribution is 0.0935. The van der Waals surface area contributed by atoms with E-state index in [0.29, 0.717) is 5.69 Å². The Bertz CT molecular complexity index is 327. The summed E-state index contributed by atoms with van der Waals surface area (Å²) in [6.45, 7) is 3.67. The second kappa shape index (κ2) is 3.79. The average Bonchev–Trinajstić information content (AvgIpc) is 2.75. The van der Waals surface area contributed by atoms with Crippen LogP contribution < -0.4 is 10.6 Å². The summed E-state index contributed by atoms with van der Waals surface area (Å²) >= 11 is 0. The summed E-state index contributed by atoms with van der Waals surface area (Å²) in [5.41, 5.74) is 0.536. The molecule has 76 valence electrons. The maximum Gasteiger partial charge on any atom is 0.269 e. The summed E-state index contributed by atoms with van der Waals surface area (Å²) in [6.07, 6.45) is 2.56. The number of nitrogens with zero attached hydrogens (tertiary/aromatic N) is 1. The first-order valence-electron chi connectivity index (χ1n) is 4.79. The molecule has 1 amide bonds. The minimum atomic E-state index is -0.0701. The Hall–Kier alpha value is -1.36. The maximum absolute atomic E-state index is 11.6. The van der Waals surface area contributed by atoms with Crippen LogP contribution in [0, 0.1) is 6.92 Å². The molecule has 5 nitrogen and oxygen atoms in total. The van der Waals surface area contributed by atoms with Crippen LogP contribution in [-0.4, -0.2) is 35.0 Å². The third-order valence-corrected chi connectivity index (χ3v) is 2.34. The van der Waals surface area contributed by atoms with E-state index < -0.39 is 0 Å². The highest BCUT2D eigenvalue weighted by atomic mass is 16.2. The lowest BCUT2D eigenvalue weighted by Gasteiger charge is -2.09. The van der Waals surface area contributed by atoms with Gasteiger partial charge in [0, 0.05) is 12.6 Å². The fourth-order valence-corrected chi connectivity index (χ4v) is 1.58. The molecule has 5 heteroatoms. The molecule has 1 aromatic rings. The van der Waals surface area contributed by atoms with E-state index in [2.05, 4.69) is 20.6 Å². The molecule has 0 bridgehead atoms. The number of hydrogen-bond donors (Lipinski definition) is 3. The summed E-state index contributed by atoms with van der Waals surface area (Å²) in [5.74, 6) is 0.694. The molecule has 0 aliphatic carbocycles. The van der Waals surface area contributed by atoms with Gasteiger partial charge >= 0.3 is 0 Å². The van der Waals surface area contributed by atoms with Gasteiger partial charge in [-0.1, -0.05) is 0 Å². The fourth-order valence-electron chi connectivity index (χ4n) is 1.58. The first kappa shape index (κ1) is 9.21. The van der Waals surface area contributed by atoms with Gasteiger partial charge in [-0.05, 0) is 19.9 Å². The van der Waals surface area contributed by atoms with E-state index in [1.165, 1.54) is 0 Å². The first-order chi connectivity index (χ1) is 6.75. The van der Waals surface area contributed by atoms with E-state index in [1.54, 1.807) is 6.20 Å². The highest BCUT2D eigenvalue weighted by Gasteiger charge is 2.18. The molecule has 0 saturated carbocycles. The highest BCUT2D eigenvalue weighted by molar-refractivity contribution is 5.92. The van der Waals surface area contributed by atoms with E-state index in [1.807, 2.05) is 6.92 Å². The average molecular weight is 194 g/mol. The van der Waals surface area contributed by atoms with Crippen molar-refractivity contribution >= 4 is 5.91 Å². The normalized spacial score (nSPS) is 21.1. The number of rotatable bonds is 2. The number of aromatic nitrogens is 2. The quantitative estimate of drug-likeness (QED) is 0.611. The second-order valence-electron chi connectivity index (χ2n) is 3.55. The Kier molecular flexibility index (Phi) is 2.49. The zero-order valence-corrected chi connectivity index (χ0v) is 8.13. The molecule has 0 radical (unpaired) electrons. The van der Waals surface area contributed by atoms with E-state index in [0.717, 1.165) is 25.3 Å². The SMILES string of the molecule is Cc1ncc(C(=O)N[C@@H]2CCNC2)[nH]1. The van der Waals surface area contributed by atoms with Gasteiger partial charge in [0.2, 0.25) is 0 Å². The Balaban J connectivity index is 1.95. The third-order valence-electron chi connectivity index (χ3n) is 2.34. The molecule has 2 heterocycles. The number of aromatic amines is 1. The van der Waals surface area contributed by atoms with Gasteiger partial charge in [-0.25, -0.2) is 4.98 Å². The summed E-state index contributed by atoms with van der Waals surface area (Å²) in [5, 5.41) is 6.13. The van der Waals surface area contributed by atoms with Gasteiger partial charge in [0.25, 0.3) is 5.91 Å². The van der Waals surface area contributed by atoms with Crippen LogP contribution in [-0.2, 0) is 0 Å². The lowest BCUT2D eigenvalue weighted by atomic mass is 10.2. The lowest BCUT2D eigenvalue weighted by Crippen LogP contribution is -2.36. The molecule has 2 rings (SSSR count). The van der Waals surface area contributed by atoms with Crippen molar-refractivity contribution in [3.63, 3.8) is 0 Å². The number of amides is 1. The molecule has 1 saturated heterocycles. The third kappa shape index (κ3) is 1.93. The van der Waals surface area contributed by atoms with Crippen molar-refractivity contribution < 1.29 is 4.79 Å². The van der Waals surface area contributed by atoms with Gasteiger partial charge in [-0.2, -0.15) is 0 Å². The van der Waals surface area contributed by atoms with Crippen molar-refractivity contribution in [2.45, 2.75) is 19.4 Å². The number of H-pyrrole nitrogens is 1. The maximum atomic E-state index is 11.6. The van der Waals surface area contributed by atoms with Crippen molar-refractivity contribution in [3.8, 4) is 0 Å². The molecule has 3 N–H and O–H groups in total. The van der Waals surface area contributed by atoms with Crippen LogP contribution in [0.3, 0.4) is 0 Å². The predicted molar refractivity (Wildman–Crippen MR) is 52.1 cm³/mol. The van der Waals surface area contributed by atoms with Gasteiger partial charge in [0.1, 0.15) is 11.5 Å². The molecule has 0 unspecified atom stereocenters. The van der Waals surface area contributed by atoms with Gasteiger partial charge in [0.15, 0.2) is 0 Å². The van der Waals surface area contributed by atoms with Crippen LogP contribution in [0.5, 0.6) is 0 Å². The highest BCUT2D eigenvalue weighted by Crippen LogP contribution is 2.00. The summed E-state index contributed by atoms with van der Waals surface area (Å²) in [4.78, 5) is 18.5. The van der Waals surface area contributed by atoms with Gasteiger partial charge in [-0.3, -0.25) is 4.79 Å². The van der Waals surface area contributed by atoms with Crippen molar-refractivity contribution in [1.82, 2.24) is 20.6 Å². The van der Waals surface area contributed by atoms with Crippen molar-refractivity contribution in [2.24, 2.45) is 0 Å². The Morgan fingerprint density at radius 3 is 3.14 bits per heavy atom. The Morgan fingerprint density at radius 2 is 2.57 bits per heavy atom. The number of hydrogen-bond acceptors (Lipinski definition) is 3. The molecule has 1 aliphatic rings. The van der Waals surface area contributed by atoms with Crippen LogP contribution in [0.2, 0.25) is 0 Å². The first-order valence-corrected chi connectivity index (χ1v) is 4.79. The van der Waals surface area contributed by atoms with Crippen molar-refractivity contribution in [2.75, 3.05) is 13.1 Å². The van der Waals surface area contributed by atoms with E-state index >= 15 is 0 Å².